The molecule has 3 rings (SSSR count). The second-order valence-electron chi connectivity index (χ2n) is 11.4. The van der Waals surface area contributed by atoms with Crippen molar-refractivity contribution >= 4 is 18.0 Å². The summed E-state index contributed by atoms with van der Waals surface area (Å²) in [4.78, 5) is 37.9. The van der Waals surface area contributed by atoms with Crippen LogP contribution in [0.1, 0.15) is 102 Å². The summed E-state index contributed by atoms with van der Waals surface area (Å²) in [5.74, 6) is -1.51. The number of benzene rings is 1. The van der Waals surface area contributed by atoms with Crippen molar-refractivity contribution in [2.75, 3.05) is 6.54 Å². The average Bonchev–Trinajstić information content (AvgIpc) is 3.63. The van der Waals surface area contributed by atoms with Gasteiger partial charge in [0, 0.05) is 12.8 Å². The molecular formula is C33H50N3O6+. The van der Waals surface area contributed by atoms with Crippen molar-refractivity contribution in [3.05, 3.63) is 54.6 Å². The van der Waals surface area contributed by atoms with Crippen LogP contribution in [0.15, 0.2) is 49.1 Å². The molecule has 9 heteroatoms. The topological polar surface area (TPSA) is 102 Å². The van der Waals surface area contributed by atoms with E-state index in [0.29, 0.717) is 6.42 Å². The first-order valence-corrected chi connectivity index (χ1v) is 15.9. The third kappa shape index (κ3) is 12.2. The SMILES string of the molecule is CCCCCCCCCCCC[n+]1ccn(CCCCC(=O)O[C@@H]2C[C@@H](C(=O)O)N(C(=O)OCc3ccccc3)C2)c1. The molecular weight excluding hydrogens is 534 g/mol. The van der Waals surface area contributed by atoms with Crippen molar-refractivity contribution < 1.29 is 33.5 Å². The standard InChI is InChI=1S/C33H49N3O6/c1-2-3-4-5-6-7-8-9-10-15-20-34-22-23-35(27-34)21-16-14-19-31(37)42-29-24-30(32(38)39)36(25-29)33(40)41-26-28-17-12-11-13-18-28/h11-13,17-18,22-23,27,29-30H,2-10,14-16,19-21,24-26H2,1H3/p+1/t29-,30+/m1/s1. The van der Waals surface area contributed by atoms with Gasteiger partial charge in [0.25, 0.3) is 0 Å². The average molecular weight is 585 g/mol. The number of imidazole rings is 1. The van der Waals surface area contributed by atoms with Gasteiger partial charge in [0.15, 0.2) is 0 Å². The highest BCUT2D eigenvalue weighted by Crippen LogP contribution is 2.23. The highest BCUT2D eigenvalue weighted by molar-refractivity contribution is 5.81. The molecule has 1 N–H and O–H groups in total. The molecule has 0 saturated carbocycles. The number of esters is 1. The van der Waals surface area contributed by atoms with E-state index in [-0.39, 0.29) is 32.0 Å². The van der Waals surface area contributed by atoms with Gasteiger partial charge < -0.3 is 14.6 Å². The van der Waals surface area contributed by atoms with Gasteiger partial charge in [0.1, 0.15) is 31.1 Å². The molecule has 1 aromatic carbocycles. The number of hydrogen-bond donors (Lipinski definition) is 1. The van der Waals surface area contributed by atoms with Crippen molar-refractivity contribution in [1.82, 2.24) is 9.47 Å². The van der Waals surface area contributed by atoms with E-state index in [2.05, 4.69) is 34.8 Å². The van der Waals surface area contributed by atoms with Crippen molar-refractivity contribution in [2.45, 2.75) is 129 Å². The summed E-state index contributed by atoms with van der Waals surface area (Å²) in [6.07, 6.45) is 20.1. The Morgan fingerprint density at radius 2 is 1.62 bits per heavy atom. The van der Waals surface area contributed by atoms with Gasteiger partial charge in [0.05, 0.1) is 19.6 Å². The van der Waals surface area contributed by atoms with Gasteiger partial charge in [0.2, 0.25) is 6.33 Å². The Morgan fingerprint density at radius 3 is 2.31 bits per heavy atom. The number of hydrogen-bond acceptors (Lipinski definition) is 5. The van der Waals surface area contributed by atoms with E-state index in [0.717, 1.165) is 30.0 Å². The molecule has 0 spiro atoms. The zero-order chi connectivity index (χ0) is 30.0. The van der Waals surface area contributed by atoms with Crippen molar-refractivity contribution in [3.8, 4) is 0 Å². The molecule has 2 atom stereocenters. The number of carbonyl (C=O) groups excluding carboxylic acids is 2. The molecule has 0 aliphatic carbocycles. The molecule has 2 heterocycles. The molecule has 2 aromatic rings. The summed E-state index contributed by atoms with van der Waals surface area (Å²) >= 11 is 0. The molecule has 0 unspecified atom stereocenters. The summed E-state index contributed by atoms with van der Waals surface area (Å²) in [7, 11) is 0. The number of aromatic nitrogens is 2. The first kappa shape index (κ1) is 33.1. The van der Waals surface area contributed by atoms with E-state index < -0.39 is 24.2 Å². The number of unbranched alkanes of at least 4 members (excludes halogenated alkanes) is 10. The number of ether oxygens (including phenoxy) is 2. The lowest BCUT2D eigenvalue weighted by Gasteiger charge is -2.20. The lowest BCUT2D eigenvalue weighted by molar-refractivity contribution is -0.696. The number of rotatable bonds is 20. The lowest BCUT2D eigenvalue weighted by Crippen LogP contribution is -2.40. The van der Waals surface area contributed by atoms with Crippen LogP contribution < -0.4 is 4.57 Å². The fourth-order valence-corrected chi connectivity index (χ4v) is 5.41. The van der Waals surface area contributed by atoms with Crippen LogP contribution in [0.2, 0.25) is 0 Å². The number of amides is 1. The highest BCUT2D eigenvalue weighted by atomic mass is 16.6. The molecule has 1 aliphatic rings. The summed E-state index contributed by atoms with van der Waals surface area (Å²) < 4.78 is 15.2. The Kier molecular flexibility index (Phi) is 15.0. The van der Waals surface area contributed by atoms with Crippen LogP contribution in [-0.2, 0) is 38.8 Å². The van der Waals surface area contributed by atoms with Crippen molar-refractivity contribution in [3.63, 3.8) is 0 Å². The van der Waals surface area contributed by atoms with Gasteiger partial charge in [-0.3, -0.25) is 9.69 Å². The first-order chi connectivity index (χ1) is 20.5. The molecule has 232 valence electrons. The van der Waals surface area contributed by atoms with Crippen LogP contribution in [0, 0.1) is 0 Å². The summed E-state index contributed by atoms with van der Waals surface area (Å²) in [5, 5.41) is 9.58. The molecule has 0 bridgehead atoms. The van der Waals surface area contributed by atoms with Gasteiger partial charge in [-0.15, -0.1) is 0 Å². The number of likely N-dealkylation sites (tertiary alicyclic amines) is 1. The summed E-state index contributed by atoms with van der Waals surface area (Å²) in [5.41, 5.74) is 0.809. The second-order valence-corrected chi connectivity index (χ2v) is 11.4. The van der Waals surface area contributed by atoms with E-state index in [4.69, 9.17) is 9.47 Å². The van der Waals surface area contributed by atoms with E-state index in [1.807, 2.05) is 30.3 Å². The summed E-state index contributed by atoms with van der Waals surface area (Å²) in [6, 6.07) is 8.10. The Labute approximate surface area is 250 Å². The van der Waals surface area contributed by atoms with Crippen molar-refractivity contribution in [2.24, 2.45) is 0 Å². The quantitative estimate of drug-likeness (QED) is 0.112. The number of aliphatic carboxylic acids is 1. The number of carbonyl (C=O) groups is 3. The van der Waals surface area contributed by atoms with Crippen LogP contribution in [0.3, 0.4) is 0 Å². The second kappa shape index (κ2) is 18.9. The van der Waals surface area contributed by atoms with Gasteiger partial charge in [-0.05, 0) is 31.2 Å². The van der Waals surface area contributed by atoms with Crippen LogP contribution in [0.5, 0.6) is 0 Å². The Bertz CT molecular complexity index is 1070. The highest BCUT2D eigenvalue weighted by Gasteiger charge is 2.42. The number of aryl methyl sites for hydroxylation is 2. The van der Waals surface area contributed by atoms with Gasteiger partial charge >= 0.3 is 18.0 Å². The smallest absolute Gasteiger partial charge is 0.410 e. The normalized spacial score (nSPS) is 16.5. The fourth-order valence-electron chi connectivity index (χ4n) is 5.41. The molecule has 42 heavy (non-hydrogen) atoms. The minimum atomic E-state index is -1.14. The largest absolute Gasteiger partial charge is 0.480 e. The zero-order valence-electron chi connectivity index (χ0n) is 25.3. The predicted molar refractivity (Wildman–Crippen MR) is 160 cm³/mol. The van der Waals surface area contributed by atoms with E-state index in [1.54, 1.807) is 0 Å². The van der Waals surface area contributed by atoms with Crippen LogP contribution >= 0.6 is 0 Å². The molecule has 1 fully saturated rings. The van der Waals surface area contributed by atoms with E-state index in [1.165, 1.54) is 64.2 Å². The summed E-state index contributed by atoms with van der Waals surface area (Å²) in [6.45, 7) is 4.18. The first-order valence-electron chi connectivity index (χ1n) is 15.9. The maximum absolute atomic E-state index is 12.6. The fraction of sp³-hybridized carbons (Fsp3) is 0.636. The predicted octanol–water partition coefficient (Wildman–Crippen LogP) is 6.27. The van der Waals surface area contributed by atoms with Gasteiger partial charge in [-0.1, -0.05) is 88.6 Å². The van der Waals surface area contributed by atoms with Crippen LogP contribution in [-0.4, -0.2) is 51.3 Å². The molecule has 1 aromatic heterocycles. The Balaban J connectivity index is 1.26. The maximum Gasteiger partial charge on any atom is 0.410 e. The number of nitrogens with zero attached hydrogens (tertiary/aromatic N) is 3. The lowest BCUT2D eigenvalue weighted by atomic mass is 10.1. The number of carboxylic acids is 1. The zero-order valence-corrected chi connectivity index (χ0v) is 25.3. The molecule has 1 saturated heterocycles. The Hall–Kier alpha value is -3.36. The van der Waals surface area contributed by atoms with Crippen LogP contribution in [0.25, 0.3) is 0 Å². The molecule has 9 nitrogen and oxygen atoms in total. The monoisotopic (exact) mass is 584 g/mol. The third-order valence-corrected chi connectivity index (χ3v) is 7.85. The minimum absolute atomic E-state index is 0.0126. The minimum Gasteiger partial charge on any atom is -0.480 e. The Morgan fingerprint density at radius 1 is 0.929 bits per heavy atom. The molecule has 1 aliphatic heterocycles. The maximum atomic E-state index is 12.6. The molecule has 1 amide bonds. The number of carboxylic acid groups (broad SMARTS) is 1. The van der Waals surface area contributed by atoms with E-state index in [9.17, 15) is 19.5 Å². The van der Waals surface area contributed by atoms with E-state index >= 15 is 0 Å². The van der Waals surface area contributed by atoms with Crippen LogP contribution in [0.4, 0.5) is 4.79 Å². The van der Waals surface area contributed by atoms with Gasteiger partial charge in [-0.2, -0.15) is 0 Å². The van der Waals surface area contributed by atoms with Gasteiger partial charge in [-0.25, -0.2) is 18.7 Å². The van der Waals surface area contributed by atoms with Crippen molar-refractivity contribution in [1.29, 1.82) is 0 Å². The third-order valence-electron chi connectivity index (χ3n) is 7.85. The molecule has 0 radical (unpaired) electrons.